The lowest BCUT2D eigenvalue weighted by atomic mass is 9.82. The van der Waals surface area contributed by atoms with E-state index in [9.17, 15) is 17.2 Å². The highest BCUT2D eigenvalue weighted by Crippen LogP contribution is 2.34. The molecule has 1 aromatic rings. The molecule has 2 N–H and O–H groups in total. The van der Waals surface area contributed by atoms with E-state index in [2.05, 4.69) is 10.0 Å². The first-order valence-corrected chi connectivity index (χ1v) is 11.5. The van der Waals surface area contributed by atoms with Crippen molar-refractivity contribution in [2.45, 2.75) is 62.6 Å². The Bertz CT molecular complexity index is 716. The second kappa shape index (κ2) is 8.94. The monoisotopic (exact) mass is 402 g/mol. The van der Waals surface area contributed by atoms with Gasteiger partial charge in [0.05, 0.1) is 19.0 Å². The lowest BCUT2D eigenvalue weighted by Gasteiger charge is -2.35. The van der Waals surface area contributed by atoms with E-state index < -0.39 is 21.7 Å². The Kier molecular flexibility index (Phi) is 6.83. The SMILES string of the molecule is CS(=O)(=O)N[C@H]1CCCN[C@H]1COC1CCC(c2cc(F)cc(F)c2)CC1. The highest BCUT2D eigenvalue weighted by atomic mass is 32.2. The molecular weight excluding hydrogens is 374 g/mol. The molecule has 1 saturated heterocycles. The van der Waals surface area contributed by atoms with Crippen molar-refractivity contribution in [3.05, 3.63) is 35.4 Å². The molecule has 1 heterocycles. The van der Waals surface area contributed by atoms with E-state index in [1.54, 1.807) is 0 Å². The molecule has 1 saturated carbocycles. The van der Waals surface area contributed by atoms with Crippen molar-refractivity contribution in [2.75, 3.05) is 19.4 Å². The smallest absolute Gasteiger partial charge is 0.209 e. The van der Waals surface area contributed by atoms with Crippen LogP contribution in [0.15, 0.2) is 18.2 Å². The minimum atomic E-state index is -3.25. The zero-order valence-electron chi connectivity index (χ0n) is 15.6. The Labute approximate surface area is 159 Å². The average Bonchev–Trinajstić information content (AvgIpc) is 2.59. The lowest BCUT2D eigenvalue weighted by Crippen LogP contribution is -2.55. The predicted molar refractivity (Wildman–Crippen MR) is 100 cm³/mol. The number of hydrogen-bond donors (Lipinski definition) is 2. The van der Waals surface area contributed by atoms with Crippen molar-refractivity contribution >= 4 is 10.0 Å². The Balaban J connectivity index is 1.48. The van der Waals surface area contributed by atoms with E-state index in [1.807, 2.05) is 0 Å². The fourth-order valence-corrected chi connectivity index (χ4v) is 4.99. The van der Waals surface area contributed by atoms with E-state index in [1.165, 1.54) is 18.4 Å². The first-order valence-electron chi connectivity index (χ1n) is 9.58. The third kappa shape index (κ3) is 6.20. The van der Waals surface area contributed by atoms with Gasteiger partial charge < -0.3 is 10.1 Å². The van der Waals surface area contributed by atoms with Crippen molar-refractivity contribution in [3.8, 4) is 0 Å². The maximum absolute atomic E-state index is 13.4. The van der Waals surface area contributed by atoms with E-state index >= 15 is 0 Å². The van der Waals surface area contributed by atoms with Crippen LogP contribution in [0.3, 0.4) is 0 Å². The fraction of sp³-hybridized carbons (Fsp3) is 0.684. The molecule has 2 atom stereocenters. The van der Waals surface area contributed by atoms with Crippen molar-refractivity contribution in [1.82, 2.24) is 10.0 Å². The molecule has 8 heteroatoms. The Hall–Kier alpha value is -1.09. The molecule has 1 aliphatic carbocycles. The van der Waals surface area contributed by atoms with Crippen molar-refractivity contribution in [3.63, 3.8) is 0 Å². The summed E-state index contributed by atoms with van der Waals surface area (Å²) in [5, 5.41) is 3.34. The van der Waals surface area contributed by atoms with Gasteiger partial charge in [0.25, 0.3) is 0 Å². The number of halogens is 2. The van der Waals surface area contributed by atoms with Crippen molar-refractivity contribution in [2.24, 2.45) is 0 Å². The average molecular weight is 403 g/mol. The summed E-state index contributed by atoms with van der Waals surface area (Å²) < 4.78 is 58.7. The van der Waals surface area contributed by atoms with Crippen molar-refractivity contribution < 1.29 is 21.9 Å². The van der Waals surface area contributed by atoms with Gasteiger partial charge in [-0.05, 0) is 68.7 Å². The summed E-state index contributed by atoms with van der Waals surface area (Å²) in [5.74, 6) is -0.908. The topological polar surface area (TPSA) is 67.4 Å². The van der Waals surface area contributed by atoms with Gasteiger partial charge in [-0.3, -0.25) is 0 Å². The number of ether oxygens (including phenoxy) is 1. The number of sulfonamides is 1. The summed E-state index contributed by atoms with van der Waals surface area (Å²) in [6, 6.07) is 3.55. The van der Waals surface area contributed by atoms with Crippen LogP contribution in [0.25, 0.3) is 0 Å². The lowest BCUT2D eigenvalue weighted by molar-refractivity contribution is 0.00522. The van der Waals surface area contributed by atoms with Crippen molar-refractivity contribution in [1.29, 1.82) is 0 Å². The molecule has 0 aromatic heterocycles. The van der Waals surface area contributed by atoms with Gasteiger partial charge in [0, 0.05) is 18.2 Å². The van der Waals surface area contributed by atoms with Gasteiger partial charge >= 0.3 is 0 Å². The maximum atomic E-state index is 13.4. The minimum absolute atomic E-state index is 0.0384. The summed E-state index contributed by atoms with van der Waals surface area (Å²) in [4.78, 5) is 0. The normalized spacial score (nSPS) is 29.6. The van der Waals surface area contributed by atoms with Gasteiger partial charge in [0.15, 0.2) is 0 Å². The zero-order valence-corrected chi connectivity index (χ0v) is 16.4. The molecule has 1 aliphatic heterocycles. The second-order valence-electron chi connectivity index (χ2n) is 7.71. The van der Waals surface area contributed by atoms with Crippen LogP contribution in [-0.4, -0.2) is 46.0 Å². The molecule has 0 radical (unpaired) electrons. The summed E-state index contributed by atoms with van der Waals surface area (Å²) in [7, 11) is -3.25. The summed E-state index contributed by atoms with van der Waals surface area (Å²) in [6.45, 7) is 1.31. The Morgan fingerprint density at radius 2 is 1.78 bits per heavy atom. The maximum Gasteiger partial charge on any atom is 0.209 e. The zero-order chi connectivity index (χ0) is 19.4. The number of benzene rings is 1. The number of piperidine rings is 1. The second-order valence-corrected chi connectivity index (χ2v) is 9.49. The molecule has 2 aliphatic rings. The number of rotatable bonds is 6. The summed E-state index contributed by atoms with van der Waals surface area (Å²) in [6.07, 6.45) is 6.33. The molecule has 27 heavy (non-hydrogen) atoms. The number of hydrogen-bond acceptors (Lipinski definition) is 4. The molecule has 0 amide bonds. The molecular formula is C19H28F2N2O3S. The third-order valence-electron chi connectivity index (χ3n) is 5.49. The molecule has 5 nitrogen and oxygen atoms in total. The fourth-order valence-electron chi connectivity index (χ4n) is 4.16. The molecule has 0 spiro atoms. The van der Waals surface area contributed by atoms with E-state index in [0.29, 0.717) is 6.61 Å². The van der Waals surface area contributed by atoms with Crippen LogP contribution in [0.2, 0.25) is 0 Å². The minimum Gasteiger partial charge on any atom is -0.377 e. The first kappa shape index (κ1) is 20.6. The molecule has 0 bridgehead atoms. The highest BCUT2D eigenvalue weighted by Gasteiger charge is 2.29. The van der Waals surface area contributed by atoms with E-state index in [0.717, 1.165) is 56.7 Å². The quantitative estimate of drug-likeness (QED) is 0.768. The van der Waals surface area contributed by atoms with Crippen LogP contribution in [0, 0.1) is 11.6 Å². The van der Waals surface area contributed by atoms with Gasteiger partial charge in [-0.25, -0.2) is 21.9 Å². The van der Waals surface area contributed by atoms with Gasteiger partial charge in [0.1, 0.15) is 11.6 Å². The van der Waals surface area contributed by atoms with Gasteiger partial charge in [-0.15, -0.1) is 0 Å². The highest BCUT2D eigenvalue weighted by molar-refractivity contribution is 7.88. The van der Waals surface area contributed by atoms with Crippen LogP contribution in [-0.2, 0) is 14.8 Å². The summed E-state index contributed by atoms with van der Waals surface area (Å²) in [5.41, 5.74) is 0.720. The molecule has 152 valence electrons. The molecule has 3 rings (SSSR count). The van der Waals surface area contributed by atoms with Gasteiger partial charge in [-0.1, -0.05) is 0 Å². The predicted octanol–water partition coefficient (Wildman–Crippen LogP) is 2.68. The third-order valence-corrected chi connectivity index (χ3v) is 6.22. The van der Waals surface area contributed by atoms with Crippen LogP contribution in [0.5, 0.6) is 0 Å². The Morgan fingerprint density at radius 1 is 1.11 bits per heavy atom. The van der Waals surface area contributed by atoms with Gasteiger partial charge in [-0.2, -0.15) is 0 Å². The first-order chi connectivity index (χ1) is 12.8. The molecule has 0 unspecified atom stereocenters. The molecule has 1 aromatic carbocycles. The Morgan fingerprint density at radius 3 is 2.41 bits per heavy atom. The van der Waals surface area contributed by atoms with Crippen LogP contribution < -0.4 is 10.0 Å². The van der Waals surface area contributed by atoms with Crippen LogP contribution in [0.1, 0.15) is 50.0 Å². The summed E-state index contributed by atoms with van der Waals surface area (Å²) >= 11 is 0. The standard InChI is InChI=1S/C19H28F2N2O3S/c1-27(24,25)23-18-3-2-8-22-19(18)12-26-17-6-4-13(5-7-17)14-9-15(20)11-16(21)10-14/h9-11,13,17-19,22-23H,2-8,12H2,1H3/t13?,17?,18-,19-/m0/s1. The molecule has 2 fully saturated rings. The van der Waals surface area contributed by atoms with Crippen LogP contribution >= 0.6 is 0 Å². The van der Waals surface area contributed by atoms with Crippen LogP contribution in [0.4, 0.5) is 8.78 Å². The van der Waals surface area contributed by atoms with E-state index in [4.69, 9.17) is 4.74 Å². The van der Waals surface area contributed by atoms with E-state index in [-0.39, 0.29) is 24.1 Å². The largest absolute Gasteiger partial charge is 0.377 e. The number of nitrogens with one attached hydrogen (secondary N) is 2. The van der Waals surface area contributed by atoms with Gasteiger partial charge in [0.2, 0.25) is 10.0 Å².